The van der Waals surface area contributed by atoms with Crippen LogP contribution in [0.3, 0.4) is 0 Å². The zero-order valence-corrected chi connectivity index (χ0v) is 19.9. The number of anilines is 1. The van der Waals surface area contributed by atoms with Gasteiger partial charge >= 0.3 is 0 Å². The molecule has 0 radical (unpaired) electrons. The van der Waals surface area contributed by atoms with Crippen LogP contribution in [-0.4, -0.2) is 51.1 Å². The van der Waals surface area contributed by atoms with Crippen LogP contribution < -0.4 is 9.62 Å². The quantitative estimate of drug-likeness (QED) is 0.714. The molecule has 31 heavy (non-hydrogen) atoms. The third-order valence-electron chi connectivity index (χ3n) is 6.62. The summed E-state index contributed by atoms with van der Waals surface area (Å²) in [4.78, 5) is 5.25. The minimum Gasteiger partial charge on any atom is -0.366 e. The molecule has 2 aliphatic rings. The van der Waals surface area contributed by atoms with Crippen LogP contribution in [0.2, 0.25) is 5.02 Å². The van der Waals surface area contributed by atoms with Gasteiger partial charge in [-0.3, -0.25) is 4.90 Å². The molecule has 4 rings (SSSR count). The lowest BCUT2D eigenvalue weighted by Crippen LogP contribution is -2.60. The van der Waals surface area contributed by atoms with E-state index in [9.17, 15) is 8.42 Å². The maximum Gasteiger partial charge on any atom is 0.240 e. The van der Waals surface area contributed by atoms with E-state index in [1.807, 2.05) is 0 Å². The van der Waals surface area contributed by atoms with Gasteiger partial charge in [-0.15, -0.1) is 0 Å². The molecule has 0 aromatic heterocycles. The highest BCUT2D eigenvalue weighted by Gasteiger charge is 2.36. The number of aryl methyl sites for hydroxylation is 1. The average Bonchev–Trinajstić information content (AvgIpc) is 2.74. The van der Waals surface area contributed by atoms with Gasteiger partial charge in [0.05, 0.1) is 4.90 Å². The van der Waals surface area contributed by atoms with Gasteiger partial charge < -0.3 is 4.90 Å². The number of hydrogen-bond acceptors (Lipinski definition) is 4. The molecular weight excluding hydrogens is 430 g/mol. The molecule has 7 heteroatoms. The van der Waals surface area contributed by atoms with Gasteiger partial charge in [-0.1, -0.05) is 36.6 Å². The fourth-order valence-corrected chi connectivity index (χ4v) is 6.47. The average molecular weight is 462 g/mol. The number of nitrogens with zero attached hydrogens (tertiary/aromatic N) is 2. The summed E-state index contributed by atoms with van der Waals surface area (Å²) in [6, 6.07) is 15.6. The van der Waals surface area contributed by atoms with Crippen LogP contribution in [-0.2, 0) is 10.0 Å². The molecule has 0 bridgehead atoms. The first-order valence-electron chi connectivity index (χ1n) is 11.2. The zero-order chi connectivity index (χ0) is 22.0. The van der Waals surface area contributed by atoms with Crippen LogP contribution in [0.4, 0.5) is 5.69 Å². The fourth-order valence-electron chi connectivity index (χ4n) is 5.04. The van der Waals surface area contributed by atoms with Gasteiger partial charge in [0.2, 0.25) is 10.0 Å². The second-order valence-electron chi connectivity index (χ2n) is 8.91. The Kier molecular flexibility index (Phi) is 6.92. The largest absolute Gasteiger partial charge is 0.366 e. The third kappa shape index (κ3) is 5.25. The molecule has 1 saturated heterocycles. The summed E-state index contributed by atoms with van der Waals surface area (Å²) in [5, 5.41) is 0.537. The van der Waals surface area contributed by atoms with Crippen molar-refractivity contribution in [3.63, 3.8) is 0 Å². The molecular formula is C24H32ClN3O2S. The molecule has 0 spiro atoms. The monoisotopic (exact) mass is 461 g/mol. The molecule has 1 aliphatic carbocycles. The smallest absolute Gasteiger partial charge is 0.240 e. The van der Waals surface area contributed by atoms with Crippen molar-refractivity contribution in [1.82, 2.24) is 9.62 Å². The van der Waals surface area contributed by atoms with E-state index in [-0.39, 0.29) is 17.0 Å². The van der Waals surface area contributed by atoms with E-state index in [1.165, 1.54) is 11.3 Å². The van der Waals surface area contributed by atoms with Gasteiger partial charge in [-0.2, -0.15) is 0 Å². The van der Waals surface area contributed by atoms with Crippen molar-refractivity contribution in [2.24, 2.45) is 0 Å². The Morgan fingerprint density at radius 3 is 2.48 bits per heavy atom. The lowest BCUT2D eigenvalue weighted by molar-refractivity contribution is 0.110. The van der Waals surface area contributed by atoms with Crippen molar-refractivity contribution in [3.8, 4) is 0 Å². The molecule has 2 fully saturated rings. The van der Waals surface area contributed by atoms with E-state index in [1.54, 1.807) is 24.3 Å². The van der Waals surface area contributed by atoms with Crippen LogP contribution in [0.5, 0.6) is 0 Å². The maximum atomic E-state index is 13.0. The number of sulfonamides is 1. The van der Waals surface area contributed by atoms with Crippen molar-refractivity contribution >= 4 is 27.3 Å². The maximum absolute atomic E-state index is 13.0. The van der Waals surface area contributed by atoms with Crippen LogP contribution in [0, 0.1) is 6.92 Å². The van der Waals surface area contributed by atoms with Crippen molar-refractivity contribution in [2.45, 2.75) is 62.6 Å². The number of nitrogens with one attached hydrogen (secondary N) is 1. The standard InChI is InChI=1S/C24H32ClN3O2S/c1-18-6-5-7-21(16-18)28-15-14-27(17-19(28)2)24-9-4-3-8-23(24)26-31(29,30)22-12-10-20(25)11-13-22/h5-7,10-13,16,19,23-24,26H,3-4,8-9,14-15,17H2,1-2H3/t19-,23-,24-/m1/s1. The van der Waals surface area contributed by atoms with E-state index in [0.29, 0.717) is 11.1 Å². The Balaban J connectivity index is 1.46. The molecule has 1 N–H and O–H groups in total. The van der Waals surface area contributed by atoms with Crippen LogP contribution in [0.1, 0.15) is 38.2 Å². The van der Waals surface area contributed by atoms with Gasteiger partial charge in [0.15, 0.2) is 0 Å². The minimum absolute atomic E-state index is 0.0628. The van der Waals surface area contributed by atoms with Gasteiger partial charge in [0, 0.05) is 48.5 Å². The Morgan fingerprint density at radius 2 is 1.77 bits per heavy atom. The predicted molar refractivity (Wildman–Crippen MR) is 127 cm³/mol. The first-order valence-corrected chi connectivity index (χ1v) is 13.0. The van der Waals surface area contributed by atoms with Crippen LogP contribution in [0.15, 0.2) is 53.4 Å². The van der Waals surface area contributed by atoms with Crippen molar-refractivity contribution in [2.75, 3.05) is 24.5 Å². The van der Waals surface area contributed by atoms with Gasteiger partial charge in [-0.25, -0.2) is 13.1 Å². The van der Waals surface area contributed by atoms with E-state index >= 15 is 0 Å². The molecule has 0 unspecified atom stereocenters. The van der Waals surface area contributed by atoms with E-state index in [2.05, 4.69) is 52.6 Å². The molecule has 0 amide bonds. The molecule has 168 valence electrons. The number of halogens is 1. The SMILES string of the molecule is Cc1cccc(N2CCN([C@@H]3CCCC[C@H]3NS(=O)(=O)c3ccc(Cl)cc3)C[C@H]2C)c1. The topological polar surface area (TPSA) is 52.6 Å². The second-order valence-corrected chi connectivity index (χ2v) is 11.1. The van der Waals surface area contributed by atoms with Crippen molar-refractivity contribution in [3.05, 3.63) is 59.1 Å². The zero-order valence-electron chi connectivity index (χ0n) is 18.3. The lowest BCUT2D eigenvalue weighted by atomic mass is 9.89. The molecule has 1 heterocycles. The van der Waals surface area contributed by atoms with Crippen LogP contribution in [0.25, 0.3) is 0 Å². The summed E-state index contributed by atoms with van der Waals surface area (Å²) >= 11 is 5.93. The molecule has 2 aromatic carbocycles. The highest BCUT2D eigenvalue weighted by atomic mass is 35.5. The Hall–Kier alpha value is -1.60. The summed E-state index contributed by atoms with van der Waals surface area (Å²) in [5.41, 5.74) is 2.55. The first-order chi connectivity index (χ1) is 14.8. The highest BCUT2D eigenvalue weighted by molar-refractivity contribution is 7.89. The third-order valence-corrected chi connectivity index (χ3v) is 8.38. The van der Waals surface area contributed by atoms with Gasteiger partial charge in [-0.05, 0) is 68.7 Å². The number of hydrogen-bond donors (Lipinski definition) is 1. The Labute approximate surface area is 191 Å². The predicted octanol–water partition coefficient (Wildman–Crippen LogP) is 4.45. The number of benzene rings is 2. The van der Waals surface area contributed by atoms with Gasteiger partial charge in [0.1, 0.15) is 0 Å². The molecule has 2 aromatic rings. The summed E-state index contributed by atoms with van der Waals surface area (Å²) in [6.45, 7) is 7.24. The van der Waals surface area contributed by atoms with E-state index in [4.69, 9.17) is 11.6 Å². The molecule has 1 aliphatic heterocycles. The van der Waals surface area contributed by atoms with Crippen molar-refractivity contribution in [1.29, 1.82) is 0 Å². The summed E-state index contributed by atoms with van der Waals surface area (Å²) in [5.74, 6) is 0. The number of rotatable bonds is 5. The summed E-state index contributed by atoms with van der Waals surface area (Å²) in [6.07, 6.45) is 4.12. The van der Waals surface area contributed by atoms with E-state index < -0.39 is 10.0 Å². The first kappa shape index (κ1) is 22.6. The van der Waals surface area contributed by atoms with Gasteiger partial charge in [0.25, 0.3) is 0 Å². The lowest BCUT2D eigenvalue weighted by Gasteiger charge is -2.47. The Bertz CT molecular complexity index is 996. The second kappa shape index (κ2) is 9.49. The summed E-state index contributed by atoms with van der Waals surface area (Å²) in [7, 11) is -3.57. The fraction of sp³-hybridized carbons (Fsp3) is 0.500. The normalized spacial score (nSPS) is 25.5. The molecule has 3 atom stereocenters. The van der Waals surface area contributed by atoms with E-state index in [0.717, 1.165) is 45.3 Å². The van der Waals surface area contributed by atoms with Crippen molar-refractivity contribution < 1.29 is 8.42 Å². The summed E-state index contributed by atoms with van der Waals surface area (Å²) < 4.78 is 29.0. The number of piperazine rings is 1. The Morgan fingerprint density at radius 1 is 1.03 bits per heavy atom. The molecule has 5 nitrogen and oxygen atoms in total. The van der Waals surface area contributed by atoms with Crippen LogP contribution >= 0.6 is 11.6 Å². The minimum atomic E-state index is -3.57. The highest BCUT2D eigenvalue weighted by Crippen LogP contribution is 2.29. The molecule has 1 saturated carbocycles.